The molecular formula is C21H35IN2S. The fraction of sp³-hybridized carbons (Fsp3) is 0.571. The first-order valence-corrected chi connectivity index (χ1v) is 11.9. The van der Waals surface area contributed by atoms with Crippen LogP contribution < -0.4 is 29.8 Å². The summed E-state index contributed by atoms with van der Waals surface area (Å²) in [6, 6.07) is 8.73. The lowest BCUT2D eigenvalue weighted by Gasteiger charge is -2.21. The van der Waals surface area contributed by atoms with Crippen LogP contribution in [0.1, 0.15) is 56.1 Å². The van der Waals surface area contributed by atoms with Gasteiger partial charge in [0.05, 0.1) is 0 Å². The smallest absolute Gasteiger partial charge is 0.222 e. The van der Waals surface area contributed by atoms with Crippen LogP contribution in [0, 0.1) is 6.92 Å². The van der Waals surface area contributed by atoms with Gasteiger partial charge in [0.1, 0.15) is 0 Å². The highest BCUT2D eigenvalue weighted by atomic mass is 127. The molecule has 0 aromatic heterocycles. The van der Waals surface area contributed by atoms with Crippen molar-refractivity contribution in [1.82, 2.24) is 0 Å². The SMILES string of the molecule is Cc1ccc(C=CCCCCCCCC2=[N+](N)CCS2(C)C)cc1.[I-]. The number of hydrogen-bond acceptors (Lipinski definition) is 1. The molecule has 4 heteroatoms. The lowest BCUT2D eigenvalue weighted by Crippen LogP contribution is -3.00. The minimum absolute atomic E-state index is 0. The number of halogens is 1. The van der Waals surface area contributed by atoms with Gasteiger partial charge < -0.3 is 24.0 Å². The molecule has 1 aromatic carbocycles. The van der Waals surface area contributed by atoms with E-state index in [9.17, 15) is 0 Å². The molecule has 0 atom stereocenters. The molecule has 0 fully saturated rings. The lowest BCUT2D eigenvalue weighted by atomic mass is 10.1. The fourth-order valence-electron chi connectivity index (χ4n) is 3.27. The normalized spacial score (nSPS) is 17.7. The van der Waals surface area contributed by atoms with Gasteiger partial charge in [-0.05, 0) is 44.3 Å². The summed E-state index contributed by atoms with van der Waals surface area (Å²) in [7, 11) is -0.562. The molecule has 1 aliphatic heterocycles. The molecule has 0 aliphatic carbocycles. The highest BCUT2D eigenvalue weighted by molar-refractivity contribution is 8.44. The Morgan fingerprint density at radius 1 is 1.04 bits per heavy atom. The number of rotatable bonds is 9. The molecule has 2 nitrogen and oxygen atoms in total. The van der Waals surface area contributed by atoms with Gasteiger partial charge in [0, 0.05) is 12.2 Å². The summed E-state index contributed by atoms with van der Waals surface area (Å²) >= 11 is 0. The molecular weight excluding hydrogens is 439 g/mol. The molecule has 2 N–H and O–H groups in total. The predicted octanol–water partition coefficient (Wildman–Crippen LogP) is 2.11. The van der Waals surface area contributed by atoms with Crippen LogP contribution in [0.4, 0.5) is 0 Å². The molecule has 0 amide bonds. The average Bonchev–Trinajstić information content (AvgIpc) is 2.81. The molecule has 1 aromatic rings. The van der Waals surface area contributed by atoms with E-state index in [-0.39, 0.29) is 24.0 Å². The van der Waals surface area contributed by atoms with E-state index < -0.39 is 10.0 Å². The Kier molecular flexibility index (Phi) is 10.2. The van der Waals surface area contributed by atoms with Crippen molar-refractivity contribution in [2.75, 3.05) is 24.8 Å². The fourth-order valence-corrected chi connectivity index (χ4v) is 5.58. The van der Waals surface area contributed by atoms with E-state index in [0.29, 0.717) is 0 Å². The van der Waals surface area contributed by atoms with Gasteiger partial charge in [-0.15, -0.1) is 4.68 Å². The van der Waals surface area contributed by atoms with Gasteiger partial charge in [-0.25, -0.2) is 5.84 Å². The molecule has 0 spiro atoms. The summed E-state index contributed by atoms with van der Waals surface area (Å²) in [4.78, 5) is 0. The van der Waals surface area contributed by atoms with Crippen molar-refractivity contribution in [1.29, 1.82) is 0 Å². The number of unbranched alkanes of at least 4 members (excludes halogenated alkanes) is 5. The second-order valence-electron chi connectivity index (χ2n) is 7.45. The first kappa shape index (κ1) is 22.6. The van der Waals surface area contributed by atoms with E-state index in [0.717, 1.165) is 6.54 Å². The molecule has 142 valence electrons. The number of allylic oxidation sites excluding steroid dienone is 1. The van der Waals surface area contributed by atoms with Gasteiger partial charge in [-0.2, -0.15) is 10.0 Å². The number of hydrazone groups is 1. The standard InChI is InChI=1S/C21H35N2S.HI/c1-19-13-15-20(16-14-19)11-9-7-5-4-6-8-10-12-21-23(22)17-18-24(21,2)3;/h9,11,13-16H,4-8,10,12,17-18,22H2,1-3H3;1H/q+1;/p-1. The van der Waals surface area contributed by atoms with Gasteiger partial charge >= 0.3 is 0 Å². The molecule has 0 bridgehead atoms. The average molecular weight is 474 g/mol. The van der Waals surface area contributed by atoms with Crippen molar-refractivity contribution < 1.29 is 28.7 Å². The number of aryl methyl sites for hydroxylation is 1. The molecule has 0 saturated carbocycles. The first-order valence-electron chi connectivity index (χ1n) is 9.31. The predicted molar refractivity (Wildman–Crippen MR) is 111 cm³/mol. The Morgan fingerprint density at radius 2 is 1.68 bits per heavy atom. The molecule has 25 heavy (non-hydrogen) atoms. The topological polar surface area (TPSA) is 29.0 Å². The van der Waals surface area contributed by atoms with E-state index in [1.165, 1.54) is 61.8 Å². The number of nitrogens with zero attached hydrogens (tertiary/aromatic N) is 1. The van der Waals surface area contributed by atoms with E-state index >= 15 is 0 Å². The molecule has 1 heterocycles. The van der Waals surface area contributed by atoms with Gasteiger partial charge in [-0.3, -0.25) is 0 Å². The van der Waals surface area contributed by atoms with Crippen LogP contribution in [0.15, 0.2) is 30.3 Å². The number of benzene rings is 1. The van der Waals surface area contributed by atoms with Crippen molar-refractivity contribution in [2.24, 2.45) is 5.84 Å². The summed E-state index contributed by atoms with van der Waals surface area (Å²) in [6.07, 6.45) is 18.4. The Balaban J connectivity index is 0.00000312. The maximum Gasteiger partial charge on any atom is 0.222 e. The highest BCUT2D eigenvalue weighted by Gasteiger charge is 2.34. The Bertz CT molecular complexity index is 576. The third-order valence-electron chi connectivity index (χ3n) is 4.95. The second kappa shape index (κ2) is 11.3. The van der Waals surface area contributed by atoms with E-state index in [1.807, 2.05) is 4.68 Å². The van der Waals surface area contributed by atoms with Crippen LogP contribution in [-0.4, -0.2) is 34.5 Å². The van der Waals surface area contributed by atoms with Crippen molar-refractivity contribution in [3.8, 4) is 0 Å². The third kappa shape index (κ3) is 7.73. The number of nitrogens with two attached hydrogens (primary N) is 1. The van der Waals surface area contributed by atoms with Crippen molar-refractivity contribution in [3.05, 3.63) is 41.5 Å². The summed E-state index contributed by atoms with van der Waals surface area (Å²) in [5.41, 5.74) is 2.64. The largest absolute Gasteiger partial charge is 1.00 e. The minimum atomic E-state index is -0.562. The molecule has 0 unspecified atom stereocenters. The van der Waals surface area contributed by atoms with E-state index in [2.05, 4.69) is 55.9 Å². The van der Waals surface area contributed by atoms with Crippen molar-refractivity contribution in [3.63, 3.8) is 0 Å². The molecule has 0 saturated heterocycles. The van der Waals surface area contributed by atoms with Crippen LogP contribution in [0.5, 0.6) is 0 Å². The van der Waals surface area contributed by atoms with Gasteiger partial charge in [0.25, 0.3) is 0 Å². The lowest BCUT2D eigenvalue weighted by molar-refractivity contribution is -0.530. The maximum absolute atomic E-state index is 6.12. The Labute approximate surface area is 173 Å². The number of hydrogen-bond donors (Lipinski definition) is 1. The van der Waals surface area contributed by atoms with Crippen LogP contribution >= 0.6 is 10.0 Å². The second-order valence-corrected chi connectivity index (χ2v) is 11.4. The highest BCUT2D eigenvalue weighted by Crippen LogP contribution is 2.45. The van der Waals surface area contributed by atoms with Gasteiger partial charge in [0.15, 0.2) is 6.54 Å². The van der Waals surface area contributed by atoms with Crippen LogP contribution in [0.2, 0.25) is 0 Å². The van der Waals surface area contributed by atoms with Crippen molar-refractivity contribution in [2.45, 2.75) is 51.9 Å². The molecule has 2 rings (SSSR count). The van der Waals surface area contributed by atoms with Gasteiger partial charge in [0.2, 0.25) is 5.04 Å². The van der Waals surface area contributed by atoms with E-state index in [4.69, 9.17) is 5.84 Å². The van der Waals surface area contributed by atoms with Crippen LogP contribution in [-0.2, 0) is 0 Å². The third-order valence-corrected chi connectivity index (χ3v) is 7.87. The summed E-state index contributed by atoms with van der Waals surface area (Å²) in [5.74, 6) is 7.40. The first-order chi connectivity index (χ1) is 11.5. The summed E-state index contributed by atoms with van der Waals surface area (Å²) in [6.45, 7) is 3.19. The number of hydrazine groups is 1. The monoisotopic (exact) mass is 474 g/mol. The Hall–Kier alpha value is -0.490. The molecule has 0 radical (unpaired) electrons. The van der Waals surface area contributed by atoms with Crippen LogP contribution in [0.3, 0.4) is 0 Å². The minimum Gasteiger partial charge on any atom is -1.00 e. The Morgan fingerprint density at radius 3 is 2.32 bits per heavy atom. The summed E-state index contributed by atoms with van der Waals surface area (Å²) in [5, 5.41) is 1.54. The zero-order valence-corrected chi connectivity index (χ0v) is 19.1. The van der Waals surface area contributed by atoms with Crippen LogP contribution in [0.25, 0.3) is 6.08 Å². The maximum atomic E-state index is 6.12. The summed E-state index contributed by atoms with van der Waals surface area (Å²) < 4.78 is 2.03. The quantitative estimate of drug-likeness (QED) is 0.253. The van der Waals surface area contributed by atoms with Crippen molar-refractivity contribution >= 4 is 21.1 Å². The van der Waals surface area contributed by atoms with Gasteiger partial charge in [-0.1, -0.05) is 61.2 Å². The zero-order valence-electron chi connectivity index (χ0n) is 16.1. The zero-order chi connectivity index (χ0) is 17.4. The molecule has 1 aliphatic rings. The van der Waals surface area contributed by atoms with E-state index in [1.54, 1.807) is 5.04 Å².